The van der Waals surface area contributed by atoms with Crippen molar-refractivity contribution >= 4 is 0 Å². The van der Waals surface area contributed by atoms with Crippen LogP contribution in [0, 0.1) is 6.92 Å². The van der Waals surface area contributed by atoms with Crippen molar-refractivity contribution in [1.29, 1.82) is 0 Å². The molecule has 0 amide bonds. The highest BCUT2D eigenvalue weighted by atomic mass is 16.6. The zero-order chi connectivity index (χ0) is 15.5. The molecule has 1 aromatic carbocycles. The van der Waals surface area contributed by atoms with Crippen LogP contribution in [0.25, 0.3) is 0 Å². The molecule has 21 heavy (non-hydrogen) atoms. The van der Waals surface area contributed by atoms with E-state index >= 15 is 0 Å². The van der Waals surface area contributed by atoms with E-state index in [1.54, 1.807) is 0 Å². The van der Waals surface area contributed by atoms with Gasteiger partial charge in [0.05, 0.1) is 11.7 Å². The number of rotatable bonds is 6. The van der Waals surface area contributed by atoms with Crippen molar-refractivity contribution in [2.45, 2.75) is 71.8 Å². The van der Waals surface area contributed by atoms with Crippen LogP contribution in [-0.2, 0) is 11.3 Å². The Labute approximate surface area is 129 Å². The van der Waals surface area contributed by atoms with Crippen LogP contribution in [0.2, 0.25) is 0 Å². The van der Waals surface area contributed by atoms with Crippen LogP contribution in [0.4, 0.5) is 0 Å². The smallest absolute Gasteiger partial charge is 0.123 e. The molecule has 1 fully saturated rings. The van der Waals surface area contributed by atoms with Crippen LogP contribution < -0.4 is 10.1 Å². The normalized spacial score (nSPS) is 21.0. The van der Waals surface area contributed by atoms with Crippen molar-refractivity contribution in [3.8, 4) is 5.75 Å². The summed E-state index contributed by atoms with van der Waals surface area (Å²) >= 11 is 0. The molecule has 1 N–H and O–H groups in total. The molecule has 1 unspecified atom stereocenters. The minimum atomic E-state index is 0.00330. The van der Waals surface area contributed by atoms with E-state index < -0.39 is 0 Å². The molecular weight excluding hydrogens is 262 g/mol. The van der Waals surface area contributed by atoms with Gasteiger partial charge in [0.25, 0.3) is 0 Å². The molecule has 1 atom stereocenters. The van der Waals surface area contributed by atoms with Gasteiger partial charge < -0.3 is 14.8 Å². The van der Waals surface area contributed by atoms with Crippen molar-refractivity contribution in [2.24, 2.45) is 0 Å². The van der Waals surface area contributed by atoms with E-state index in [4.69, 9.17) is 9.47 Å². The lowest BCUT2D eigenvalue weighted by Gasteiger charge is -2.20. The molecule has 3 heteroatoms. The minimum absolute atomic E-state index is 0.00330. The average molecular weight is 291 g/mol. The number of benzene rings is 1. The maximum absolute atomic E-state index is 6.04. The van der Waals surface area contributed by atoms with Crippen LogP contribution in [0.5, 0.6) is 5.75 Å². The SMILES string of the molecule is Cc1ccc(OCC2CCC(C)(C)O2)c(CNC(C)C)c1. The van der Waals surface area contributed by atoms with Gasteiger partial charge in [0.2, 0.25) is 0 Å². The van der Waals surface area contributed by atoms with E-state index in [1.165, 1.54) is 11.1 Å². The molecule has 1 saturated heterocycles. The summed E-state index contributed by atoms with van der Waals surface area (Å²) in [6, 6.07) is 6.85. The first-order valence-corrected chi connectivity index (χ1v) is 7.99. The van der Waals surface area contributed by atoms with Gasteiger partial charge in [-0.2, -0.15) is 0 Å². The number of hydrogen-bond donors (Lipinski definition) is 1. The molecule has 0 bridgehead atoms. The van der Waals surface area contributed by atoms with E-state index in [0.29, 0.717) is 12.6 Å². The third kappa shape index (κ3) is 5.01. The van der Waals surface area contributed by atoms with E-state index in [9.17, 15) is 0 Å². The standard InChI is InChI=1S/C18H29NO2/c1-13(2)19-11-15-10-14(3)6-7-17(15)20-12-16-8-9-18(4,5)21-16/h6-7,10,13,16,19H,8-9,11-12H2,1-5H3. The summed E-state index contributed by atoms with van der Waals surface area (Å²) in [5, 5.41) is 3.46. The molecule has 1 aliphatic rings. The summed E-state index contributed by atoms with van der Waals surface area (Å²) < 4.78 is 12.0. The number of ether oxygens (including phenoxy) is 2. The summed E-state index contributed by atoms with van der Waals surface area (Å²) in [6.07, 6.45) is 2.40. The van der Waals surface area contributed by atoms with Crippen molar-refractivity contribution in [3.05, 3.63) is 29.3 Å². The Morgan fingerprint density at radius 2 is 2.14 bits per heavy atom. The second kappa shape index (κ2) is 6.80. The molecular formula is C18H29NO2. The lowest BCUT2D eigenvalue weighted by molar-refractivity contribution is -0.0327. The Bertz CT molecular complexity index is 468. The zero-order valence-corrected chi connectivity index (χ0v) is 14.0. The van der Waals surface area contributed by atoms with Gasteiger partial charge in [-0.25, -0.2) is 0 Å². The van der Waals surface area contributed by atoms with E-state index in [2.05, 4.69) is 58.1 Å². The third-order valence-electron chi connectivity index (χ3n) is 3.90. The molecule has 118 valence electrons. The topological polar surface area (TPSA) is 30.5 Å². The first kappa shape index (κ1) is 16.3. The highest BCUT2D eigenvalue weighted by Gasteiger charge is 2.31. The van der Waals surface area contributed by atoms with Crippen LogP contribution in [0.15, 0.2) is 18.2 Å². The highest BCUT2D eigenvalue weighted by Crippen LogP contribution is 2.30. The van der Waals surface area contributed by atoms with E-state index in [0.717, 1.165) is 25.1 Å². The van der Waals surface area contributed by atoms with Crippen molar-refractivity contribution < 1.29 is 9.47 Å². The molecule has 0 saturated carbocycles. The molecule has 0 aromatic heterocycles. The first-order valence-electron chi connectivity index (χ1n) is 7.99. The Morgan fingerprint density at radius 3 is 2.76 bits per heavy atom. The Morgan fingerprint density at radius 1 is 1.38 bits per heavy atom. The predicted octanol–water partition coefficient (Wildman–Crippen LogP) is 3.83. The van der Waals surface area contributed by atoms with Crippen LogP contribution >= 0.6 is 0 Å². The van der Waals surface area contributed by atoms with E-state index in [-0.39, 0.29) is 11.7 Å². The second-order valence-electron chi connectivity index (χ2n) is 7.00. The Hall–Kier alpha value is -1.06. The summed E-state index contributed by atoms with van der Waals surface area (Å²) in [6.45, 7) is 12.2. The molecule has 0 aliphatic carbocycles. The molecule has 3 nitrogen and oxygen atoms in total. The third-order valence-corrected chi connectivity index (χ3v) is 3.90. The summed E-state index contributed by atoms with van der Waals surface area (Å²) in [7, 11) is 0. The maximum Gasteiger partial charge on any atom is 0.123 e. The second-order valence-corrected chi connectivity index (χ2v) is 7.00. The molecule has 1 heterocycles. The van der Waals surface area contributed by atoms with E-state index in [1.807, 2.05) is 0 Å². The molecule has 2 rings (SSSR count). The fourth-order valence-electron chi connectivity index (χ4n) is 2.68. The summed E-state index contributed by atoms with van der Waals surface area (Å²) in [5.74, 6) is 0.974. The van der Waals surface area contributed by atoms with Gasteiger partial charge in [-0.3, -0.25) is 0 Å². The van der Waals surface area contributed by atoms with Gasteiger partial charge in [-0.05, 0) is 39.7 Å². The number of hydrogen-bond acceptors (Lipinski definition) is 3. The van der Waals surface area contributed by atoms with Crippen LogP contribution in [-0.4, -0.2) is 24.4 Å². The van der Waals surface area contributed by atoms with Crippen molar-refractivity contribution in [1.82, 2.24) is 5.32 Å². The van der Waals surface area contributed by atoms with Gasteiger partial charge in [-0.15, -0.1) is 0 Å². The summed E-state index contributed by atoms with van der Waals surface area (Å²) in [4.78, 5) is 0. The van der Waals surface area contributed by atoms with Gasteiger partial charge in [-0.1, -0.05) is 31.5 Å². The van der Waals surface area contributed by atoms with Crippen LogP contribution in [0.3, 0.4) is 0 Å². The zero-order valence-electron chi connectivity index (χ0n) is 14.0. The molecule has 1 aromatic rings. The average Bonchev–Trinajstić information content (AvgIpc) is 2.75. The molecule has 1 aliphatic heterocycles. The maximum atomic E-state index is 6.04. The fraction of sp³-hybridized carbons (Fsp3) is 0.667. The van der Waals surface area contributed by atoms with Gasteiger partial charge in [0, 0.05) is 18.2 Å². The monoisotopic (exact) mass is 291 g/mol. The molecule has 0 radical (unpaired) electrons. The summed E-state index contributed by atoms with van der Waals surface area (Å²) in [5.41, 5.74) is 2.49. The first-order chi connectivity index (χ1) is 9.85. The van der Waals surface area contributed by atoms with Crippen molar-refractivity contribution in [2.75, 3.05) is 6.61 Å². The number of nitrogens with one attached hydrogen (secondary N) is 1. The lowest BCUT2D eigenvalue weighted by Crippen LogP contribution is -2.25. The number of aryl methyl sites for hydroxylation is 1. The van der Waals surface area contributed by atoms with Gasteiger partial charge in [0.1, 0.15) is 12.4 Å². The van der Waals surface area contributed by atoms with Gasteiger partial charge >= 0.3 is 0 Å². The Kier molecular flexibility index (Phi) is 5.28. The predicted molar refractivity (Wildman–Crippen MR) is 86.8 cm³/mol. The van der Waals surface area contributed by atoms with Crippen LogP contribution in [0.1, 0.15) is 51.7 Å². The largest absolute Gasteiger partial charge is 0.491 e. The fourth-order valence-corrected chi connectivity index (χ4v) is 2.68. The Balaban J connectivity index is 1.95. The highest BCUT2D eigenvalue weighted by molar-refractivity contribution is 5.36. The quantitative estimate of drug-likeness (QED) is 0.864. The van der Waals surface area contributed by atoms with Crippen molar-refractivity contribution in [3.63, 3.8) is 0 Å². The lowest BCUT2D eigenvalue weighted by atomic mass is 10.1. The van der Waals surface area contributed by atoms with Gasteiger partial charge in [0.15, 0.2) is 0 Å². The minimum Gasteiger partial charge on any atom is -0.491 e. The molecule has 0 spiro atoms.